The molecule has 0 spiro atoms. The summed E-state index contributed by atoms with van der Waals surface area (Å²) >= 11 is 0. The minimum atomic E-state index is -2.92. The van der Waals surface area contributed by atoms with Crippen LogP contribution in [-0.2, 0) is 0 Å². The number of rotatable bonds is 0. The monoisotopic (exact) mass is 173 g/mol. The van der Waals surface area contributed by atoms with Crippen molar-refractivity contribution >= 4 is 7.32 Å². The summed E-state index contributed by atoms with van der Waals surface area (Å²) in [4.78, 5) is 3.88. The molecule has 1 aromatic heterocycles. The van der Waals surface area contributed by atoms with Gasteiger partial charge in [0.25, 0.3) is 0 Å². The average molecular weight is 173 g/mol. The number of hydrogen-bond acceptors (Lipinski definition) is 4. The molecule has 0 aliphatic carbocycles. The first-order valence-corrected chi connectivity index (χ1v) is 2.97. The third-order valence-electron chi connectivity index (χ3n) is 0.809. The van der Waals surface area contributed by atoms with Crippen LogP contribution < -0.4 is 71.7 Å². The first kappa shape index (κ1) is 24.2. The Labute approximate surface area is 120 Å². The Hall–Kier alpha value is 0.887. The van der Waals surface area contributed by atoms with Gasteiger partial charge >= 0.3 is 56.6 Å². The second-order valence-electron chi connectivity index (χ2n) is 1.82. The van der Waals surface area contributed by atoms with Gasteiger partial charge in [0.05, 0.1) is 0 Å². The van der Waals surface area contributed by atoms with E-state index in [2.05, 4.69) is 4.98 Å². The van der Waals surface area contributed by atoms with E-state index in [-0.39, 0.29) is 56.6 Å². The zero-order valence-electron chi connectivity index (χ0n) is 9.06. The van der Waals surface area contributed by atoms with E-state index in [0.29, 0.717) is 0 Å². The van der Waals surface area contributed by atoms with Gasteiger partial charge in [-0.3, -0.25) is 12.3 Å². The molecular formula is C6H7BLi3NO3. The van der Waals surface area contributed by atoms with Crippen molar-refractivity contribution in [3.05, 3.63) is 30.1 Å². The largest absolute Gasteiger partial charge is 1.00 e. The summed E-state index contributed by atoms with van der Waals surface area (Å²) in [6.07, 6.45) is 3.60. The van der Waals surface area contributed by atoms with Crippen molar-refractivity contribution in [3.63, 3.8) is 0 Å². The van der Waals surface area contributed by atoms with Crippen LogP contribution in [0.3, 0.4) is 0 Å². The third kappa shape index (κ3) is 23.1. The van der Waals surface area contributed by atoms with Gasteiger partial charge in [0, 0.05) is 12.4 Å². The summed E-state index contributed by atoms with van der Waals surface area (Å²) < 4.78 is 0. The van der Waals surface area contributed by atoms with Crippen LogP contribution >= 0.6 is 0 Å². The Morgan fingerprint density at radius 3 is 1.71 bits per heavy atom. The molecule has 14 heavy (non-hydrogen) atoms. The van der Waals surface area contributed by atoms with Crippen molar-refractivity contribution in [1.82, 2.24) is 4.98 Å². The Kier molecular flexibility index (Phi) is 28.2. The summed E-state index contributed by atoms with van der Waals surface area (Å²) in [6.45, 7) is 2.02. The van der Waals surface area contributed by atoms with Gasteiger partial charge in [-0.1, -0.05) is 6.07 Å². The minimum absolute atomic E-state index is 0. The Balaban J connectivity index is -0.0000000650. The number of hydrogen-bond donors (Lipinski definition) is 0. The number of aryl methyl sites for hydroxylation is 1. The molecule has 0 unspecified atom stereocenters. The maximum absolute atomic E-state index is 8.42. The summed E-state index contributed by atoms with van der Waals surface area (Å²) in [7, 11) is -2.92. The van der Waals surface area contributed by atoms with Crippen molar-refractivity contribution in [1.29, 1.82) is 0 Å². The van der Waals surface area contributed by atoms with E-state index in [4.69, 9.17) is 15.1 Å². The molecule has 0 amide bonds. The van der Waals surface area contributed by atoms with Crippen molar-refractivity contribution in [2.45, 2.75) is 6.92 Å². The van der Waals surface area contributed by atoms with Crippen LogP contribution in [-0.4, -0.2) is 12.3 Å². The Bertz CT molecular complexity index is 188. The third-order valence-corrected chi connectivity index (χ3v) is 0.809. The van der Waals surface area contributed by atoms with Gasteiger partial charge in [-0.05, 0) is 18.6 Å². The summed E-state index contributed by atoms with van der Waals surface area (Å²) in [5.41, 5.74) is 1.21. The van der Waals surface area contributed by atoms with Crippen LogP contribution in [0.2, 0.25) is 0 Å². The molecule has 0 bridgehead atoms. The van der Waals surface area contributed by atoms with Gasteiger partial charge in [0.2, 0.25) is 0 Å². The second-order valence-corrected chi connectivity index (χ2v) is 1.82. The molecule has 0 fully saturated rings. The standard InChI is InChI=1S/C6H7N.BO3.3Li/c1-6-3-2-4-7-5-6;2-1(3)4;;;/h2-5H,1H3;;;;/q;-3;3*+1. The van der Waals surface area contributed by atoms with Crippen molar-refractivity contribution in [2.75, 3.05) is 0 Å². The quantitative estimate of drug-likeness (QED) is 0.364. The topological polar surface area (TPSA) is 82.1 Å². The van der Waals surface area contributed by atoms with Gasteiger partial charge < -0.3 is 15.1 Å². The molecule has 60 valence electrons. The van der Waals surface area contributed by atoms with Crippen LogP contribution in [0.25, 0.3) is 0 Å². The molecule has 0 aromatic carbocycles. The molecule has 0 saturated heterocycles. The first-order chi connectivity index (χ1) is 5.13. The van der Waals surface area contributed by atoms with Crippen molar-refractivity contribution < 1.29 is 71.7 Å². The fraction of sp³-hybridized carbons (Fsp3) is 0.167. The molecule has 0 radical (unpaired) electrons. The molecule has 1 aromatic rings. The van der Waals surface area contributed by atoms with Crippen molar-refractivity contribution in [3.8, 4) is 0 Å². The van der Waals surface area contributed by atoms with E-state index < -0.39 is 7.32 Å². The first-order valence-electron chi connectivity index (χ1n) is 2.97. The Morgan fingerprint density at radius 1 is 1.14 bits per heavy atom. The molecule has 1 heterocycles. The summed E-state index contributed by atoms with van der Waals surface area (Å²) in [5.74, 6) is 0. The molecular weight excluding hydrogens is 166 g/mol. The molecule has 0 saturated carbocycles. The summed E-state index contributed by atoms with van der Waals surface area (Å²) in [5, 5.41) is 25.2. The van der Waals surface area contributed by atoms with Gasteiger partial charge in [0.15, 0.2) is 0 Å². The fourth-order valence-corrected chi connectivity index (χ4v) is 0.448. The Morgan fingerprint density at radius 2 is 1.57 bits per heavy atom. The van der Waals surface area contributed by atoms with Gasteiger partial charge in [-0.15, -0.1) is 0 Å². The van der Waals surface area contributed by atoms with Crippen LogP contribution in [0.5, 0.6) is 0 Å². The number of pyridine rings is 1. The maximum atomic E-state index is 8.42. The molecule has 1 rings (SSSR count). The van der Waals surface area contributed by atoms with Gasteiger partial charge in [-0.2, -0.15) is 0 Å². The van der Waals surface area contributed by atoms with E-state index in [1.54, 1.807) is 6.20 Å². The van der Waals surface area contributed by atoms with Crippen LogP contribution in [0, 0.1) is 6.92 Å². The van der Waals surface area contributed by atoms with Crippen LogP contribution in [0.4, 0.5) is 0 Å². The zero-order chi connectivity index (χ0) is 8.69. The predicted molar refractivity (Wildman–Crippen MR) is 34.7 cm³/mol. The molecule has 4 nitrogen and oxygen atoms in total. The van der Waals surface area contributed by atoms with Crippen LogP contribution in [0.1, 0.15) is 5.56 Å². The number of aromatic nitrogens is 1. The van der Waals surface area contributed by atoms with E-state index >= 15 is 0 Å². The van der Waals surface area contributed by atoms with Crippen LogP contribution in [0.15, 0.2) is 24.5 Å². The molecule has 8 heteroatoms. The predicted octanol–water partition coefficient (Wildman–Crippen LogP) is -11.5. The minimum Gasteiger partial charge on any atom is -0.907 e. The molecule has 0 N–H and O–H groups in total. The number of nitrogens with zero attached hydrogens (tertiary/aromatic N) is 1. The summed E-state index contributed by atoms with van der Waals surface area (Å²) in [6, 6.07) is 3.95. The molecule has 0 atom stereocenters. The van der Waals surface area contributed by atoms with Gasteiger partial charge in [0.1, 0.15) is 0 Å². The molecule has 0 aliphatic heterocycles. The smallest absolute Gasteiger partial charge is 0.907 e. The normalized spacial score (nSPS) is 6.29. The van der Waals surface area contributed by atoms with Crippen molar-refractivity contribution in [2.24, 2.45) is 0 Å². The maximum Gasteiger partial charge on any atom is 1.00 e. The average Bonchev–Trinajstić information content (AvgIpc) is 1.87. The zero-order valence-corrected chi connectivity index (χ0v) is 9.06. The van der Waals surface area contributed by atoms with E-state index in [9.17, 15) is 0 Å². The molecule has 0 aliphatic rings. The fourth-order valence-electron chi connectivity index (χ4n) is 0.448. The van der Waals surface area contributed by atoms with E-state index in [1.807, 2.05) is 25.3 Å². The second kappa shape index (κ2) is 16.3. The van der Waals surface area contributed by atoms with E-state index in [1.165, 1.54) is 5.56 Å². The van der Waals surface area contributed by atoms with E-state index in [0.717, 1.165) is 0 Å². The SMILES string of the molecule is Cc1cccnc1.[Li+].[Li+].[Li+].[O-]B([O-])[O-]. The van der Waals surface area contributed by atoms with Gasteiger partial charge in [-0.25, -0.2) is 0 Å².